The molecule has 2 heterocycles. The van der Waals surface area contributed by atoms with E-state index in [9.17, 15) is 0 Å². The van der Waals surface area contributed by atoms with E-state index in [1.54, 1.807) is 48.0 Å². The lowest BCUT2D eigenvalue weighted by atomic mass is 10.2. The maximum absolute atomic E-state index is 8.05. The van der Waals surface area contributed by atoms with Crippen LogP contribution in [0.2, 0.25) is 5.02 Å². The van der Waals surface area contributed by atoms with Crippen molar-refractivity contribution in [2.45, 2.75) is 0 Å². The van der Waals surface area contributed by atoms with Crippen LogP contribution in [-0.2, 0) is 4.74 Å². The molecule has 2 N–H and O–H groups in total. The highest BCUT2D eigenvalue weighted by Gasteiger charge is 2.11. The second kappa shape index (κ2) is 6.73. The minimum Gasteiger partial charge on any atom is -0.421 e. The Hall–Kier alpha value is -2.50. The second-order valence-electron chi connectivity index (χ2n) is 4.71. The quantitative estimate of drug-likeness (QED) is 0.529. The number of pyridine rings is 1. The summed E-state index contributed by atoms with van der Waals surface area (Å²) in [5.74, 6) is -0.250. The lowest BCUT2D eigenvalue weighted by Crippen LogP contribution is -2.13. The molecule has 1 aromatic carbocycles. The first-order chi connectivity index (χ1) is 11.1. The number of hydrogen-bond acceptors (Lipinski definition) is 5. The minimum absolute atomic E-state index is 0.124. The SMILES string of the molecule is N=C(OC(=N)c1cncc(-c2cccs2)c1)c1cccc(Cl)c1. The molecule has 0 saturated carbocycles. The Bertz CT molecular complexity index is 862. The maximum Gasteiger partial charge on any atom is 0.222 e. The Morgan fingerprint density at radius 1 is 1.00 bits per heavy atom. The summed E-state index contributed by atoms with van der Waals surface area (Å²) >= 11 is 7.51. The van der Waals surface area contributed by atoms with Crippen molar-refractivity contribution in [2.75, 3.05) is 0 Å². The molecular formula is C17H12ClN3OS. The standard InChI is InChI=1S/C17H12ClN3OS/c18-14-4-1-3-11(8-14)16(19)22-17(20)13-7-12(9-21-10-13)15-5-2-6-23-15/h1-10,19-20H. The van der Waals surface area contributed by atoms with Gasteiger partial charge in [0.05, 0.1) is 5.56 Å². The van der Waals surface area contributed by atoms with Gasteiger partial charge in [-0.05, 0) is 35.7 Å². The van der Waals surface area contributed by atoms with Crippen molar-refractivity contribution in [1.29, 1.82) is 10.8 Å². The van der Waals surface area contributed by atoms with E-state index in [1.807, 2.05) is 23.6 Å². The zero-order valence-electron chi connectivity index (χ0n) is 11.9. The van der Waals surface area contributed by atoms with Crippen molar-refractivity contribution in [2.24, 2.45) is 0 Å². The maximum atomic E-state index is 8.05. The van der Waals surface area contributed by atoms with Crippen molar-refractivity contribution < 1.29 is 4.74 Å². The summed E-state index contributed by atoms with van der Waals surface area (Å²) in [6.45, 7) is 0. The van der Waals surface area contributed by atoms with Gasteiger partial charge < -0.3 is 4.74 Å². The summed E-state index contributed by atoms with van der Waals surface area (Å²) in [4.78, 5) is 5.22. The van der Waals surface area contributed by atoms with E-state index >= 15 is 0 Å². The Labute approximate surface area is 142 Å². The Morgan fingerprint density at radius 3 is 2.57 bits per heavy atom. The normalized spacial score (nSPS) is 10.3. The van der Waals surface area contributed by atoms with Gasteiger partial charge in [0.1, 0.15) is 0 Å². The summed E-state index contributed by atoms with van der Waals surface area (Å²) in [7, 11) is 0. The van der Waals surface area contributed by atoms with Crippen LogP contribution < -0.4 is 0 Å². The molecule has 2 aromatic heterocycles. The summed E-state index contributed by atoms with van der Waals surface area (Å²) in [6.07, 6.45) is 3.29. The smallest absolute Gasteiger partial charge is 0.222 e. The predicted molar refractivity (Wildman–Crippen MR) is 93.7 cm³/mol. The number of rotatable bonds is 3. The summed E-state index contributed by atoms with van der Waals surface area (Å²) in [6, 6.07) is 12.6. The van der Waals surface area contributed by atoms with E-state index in [0.29, 0.717) is 16.1 Å². The van der Waals surface area contributed by atoms with Gasteiger partial charge in [0.2, 0.25) is 11.8 Å². The van der Waals surface area contributed by atoms with Crippen molar-refractivity contribution in [1.82, 2.24) is 4.98 Å². The molecule has 3 aromatic rings. The van der Waals surface area contributed by atoms with Crippen molar-refractivity contribution in [3.8, 4) is 10.4 Å². The van der Waals surface area contributed by atoms with Crippen molar-refractivity contribution in [3.63, 3.8) is 0 Å². The first kappa shape index (κ1) is 15.4. The van der Waals surface area contributed by atoms with Gasteiger partial charge in [-0.3, -0.25) is 15.8 Å². The molecule has 0 amide bonds. The van der Waals surface area contributed by atoms with Gasteiger partial charge in [-0.1, -0.05) is 23.7 Å². The topological polar surface area (TPSA) is 69.8 Å². The van der Waals surface area contributed by atoms with Crippen LogP contribution in [-0.4, -0.2) is 16.8 Å². The number of nitrogens with one attached hydrogen (secondary N) is 2. The zero-order valence-corrected chi connectivity index (χ0v) is 13.5. The number of ether oxygens (including phenoxy) is 1. The van der Waals surface area contributed by atoms with Gasteiger partial charge >= 0.3 is 0 Å². The third-order valence-electron chi connectivity index (χ3n) is 3.10. The van der Waals surface area contributed by atoms with E-state index in [4.69, 9.17) is 27.2 Å². The fraction of sp³-hybridized carbons (Fsp3) is 0. The van der Waals surface area contributed by atoms with Gasteiger partial charge in [-0.2, -0.15) is 0 Å². The molecule has 3 rings (SSSR count). The summed E-state index contributed by atoms with van der Waals surface area (Å²) in [5, 5.41) is 18.5. The number of aromatic nitrogens is 1. The highest BCUT2D eigenvalue weighted by molar-refractivity contribution is 7.13. The average molecular weight is 342 g/mol. The molecule has 0 saturated heterocycles. The molecule has 0 aliphatic carbocycles. The molecule has 0 unspecified atom stereocenters. The minimum atomic E-state index is -0.126. The number of benzene rings is 1. The van der Waals surface area contributed by atoms with E-state index in [2.05, 4.69) is 4.98 Å². The highest BCUT2D eigenvalue weighted by atomic mass is 35.5. The molecule has 23 heavy (non-hydrogen) atoms. The Balaban J connectivity index is 1.78. The number of halogens is 1. The molecule has 0 aliphatic rings. The summed E-state index contributed by atoms with van der Waals surface area (Å²) in [5.41, 5.74) is 1.95. The lowest BCUT2D eigenvalue weighted by Gasteiger charge is -2.09. The monoisotopic (exact) mass is 341 g/mol. The van der Waals surface area contributed by atoms with Crippen LogP contribution in [0.15, 0.2) is 60.2 Å². The first-order valence-electron chi connectivity index (χ1n) is 6.73. The Morgan fingerprint density at radius 2 is 1.83 bits per heavy atom. The molecule has 0 radical (unpaired) electrons. The molecule has 0 aliphatic heterocycles. The predicted octanol–water partition coefficient (Wildman–Crippen LogP) is 4.83. The second-order valence-corrected chi connectivity index (χ2v) is 6.09. The van der Waals surface area contributed by atoms with E-state index in [-0.39, 0.29) is 11.8 Å². The Kier molecular flexibility index (Phi) is 4.50. The molecule has 4 nitrogen and oxygen atoms in total. The van der Waals surface area contributed by atoms with E-state index < -0.39 is 0 Å². The van der Waals surface area contributed by atoms with Gasteiger partial charge in [0, 0.05) is 33.4 Å². The van der Waals surface area contributed by atoms with Gasteiger partial charge in [0.15, 0.2) is 0 Å². The van der Waals surface area contributed by atoms with Crippen molar-refractivity contribution >= 4 is 34.7 Å². The third kappa shape index (κ3) is 3.64. The van der Waals surface area contributed by atoms with Crippen LogP contribution in [0.1, 0.15) is 11.1 Å². The largest absolute Gasteiger partial charge is 0.421 e. The number of hydrogen-bond donors (Lipinski definition) is 2. The van der Waals surface area contributed by atoms with Gasteiger partial charge in [-0.25, -0.2) is 0 Å². The number of nitrogens with zero attached hydrogens (tertiary/aromatic N) is 1. The first-order valence-corrected chi connectivity index (χ1v) is 7.99. The van der Waals surface area contributed by atoms with Crippen LogP contribution in [0, 0.1) is 10.8 Å². The van der Waals surface area contributed by atoms with Crippen LogP contribution >= 0.6 is 22.9 Å². The van der Waals surface area contributed by atoms with E-state index in [0.717, 1.165) is 10.4 Å². The van der Waals surface area contributed by atoms with Crippen LogP contribution in [0.25, 0.3) is 10.4 Å². The average Bonchev–Trinajstić information content (AvgIpc) is 3.09. The molecule has 0 bridgehead atoms. The molecule has 0 fully saturated rings. The lowest BCUT2D eigenvalue weighted by molar-refractivity contribution is 0.538. The van der Waals surface area contributed by atoms with Crippen LogP contribution in [0.3, 0.4) is 0 Å². The van der Waals surface area contributed by atoms with Crippen LogP contribution in [0.4, 0.5) is 0 Å². The van der Waals surface area contributed by atoms with Crippen molar-refractivity contribution in [3.05, 3.63) is 76.4 Å². The molecular weight excluding hydrogens is 330 g/mol. The third-order valence-corrected chi connectivity index (χ3v) is 4.25. The van der Waals surface area contributed by atoms with E-state index in [1.165, 1.54) is 0 Å². The highest BCUT2D eigenvalue weighted by Crippen LogP contribution is 2.24. The fourth-order valence-corrected chi connectivity index (χ4v) is 2.89. The molecule has 0 spiro atoms. The summed E-state index contributed by atoms with van der Waals surface area (Å²) < 4.78 is 5.32. The fourth-order valence-electron chi connectivity index (χ4n) is 1.99. The molecule has 0 atom stereocenters. The molecule has 6 heteroatoms. The molecule has 114 valence electrons. The van der Waals surface area contributed by atoms with Gasteiger partial charge in [0.25, 0.3) is 0 Å². The van der Waals surface area contributed by atoms with Gasteiger partial charge in [-0.15, -0.1) is 11.3 Å². The number of thiophene rings is 1. The van der Waals surface area contributed by atoms with Crippen LogP contribution in [0.5, 0.6) is 0 Å². The zero-order chi connectivity index (χ0) is 16.2.